The van der Waals surface area contributed by atoms with Crippen LogP contribution in [0, 0.1) is 22.7 Å². The van der Waals surface area contributed by atoms with Gasteiger partial charge in [-0.25, -0.2) is 0 Å². The van der Waals surface area contributed by atoms with Crippen molar-refractivity contribution in [3.05, 3.63) is 71.3 Å². The van der Waals surface area contributed by atoms with Crippen molar-refractivity contribution in [3.8, 4) is 0 Å². The number of carbonyl (C=O) groups excluding carboxylic acids is 4. The molecule has 0 unspecified atom stereocenters. The number of benzene rings is 1. The van der Waals surface area contributed by atoms with Crippen LogP contribution in [0.15, 0.2) is 48.8 Å². The number of hydrogen-bond acceptors (Lipinski definition) is 6. The van der Waals surface area contributed by atoms with Crippen LogP contribution in [-0.2, 0) is 13.1 Å². The monoisotopic (exact) mass is 688 g/mol. The Balaban J connectivity index is 1.68. The molecular formula is C36H52N10O4. The van der Waals surface area contributed by atoms with E-state index in [9.17, 15) is 19.2 Å². The second-order valence-corrected chi connectivity index (χ2v) is 12.9. The highest BCUT2D eigenvalue weighted by molar-refractivity contribution is 6.08. The molecule has 0 aliphatic rings. The molecule has 0 aliphatic carbocycles. The lowest BCUT2D eigenvalue weighted by atomic mass is 10.1. The summed E-state index contributed by atoms with van der Waals surface area (Å²) >= 11 is 0. The number of rotatable bonds is 18. The zero-order valence-corrected chi connectivity index (χ0v) is 30.0. The van der Waals surface area contributed by atoms with Crippen LogP contribution < -0.4 is 31.9 Å². The number of nitrogens with one attached hydrogen (secondary N) is 8. The van der Waals surface area contributed by atoms with Gasteiger partial charge in [0.15, 0.2) is 0 Å². The summed E-state index contributed by atoms with van der Waals surface area (Å²) in [6.45, 7) is 10.2. The molecular weight excluding hydrogens is 636 g/mol. The van der Waals surface area contributed by atoms with Crippen molar-refractivity contribution >= 4 is 46.7 Å². The average molecular weight is 689 g/mol. The van der Waals surface area contributed by atoms with Crippen LogP contribution in [0.5, 0.6) is 0 Å². The van der Waals surface area contributed by atoms with Crippen molar-refractivity contribution in [1.29, 1.82) is 10.8 Å². The maximum atomic E-state index is 13.2. The van der Waals surface area contributed by atoms with Gasteiger partial charge >= 0.3 is 0 Å². The summed E-state index contributed by atoms with van der Waals surface area (Å²) in [5, 5.41) is 32.3. The van der Waals surface area contributed by atoms with E-state index in [2.05, 4.69) is 59.6 Å². The highest BCUT2D eigenvalue weighted by atomic mass is 16.2. The molecule has 0 saturated heterocycles. The summed E-state index contributed by atoms with van der Waals surface area (Å²) in [5.41, 5.74) is 2.43. The molecule has 1 aromatic carbocycles. The summed E-state index contributed by atoms with van der Waals surface area (Å²) in [5.74, 6) is 0.110. The lowest BCUT2D eigenvalue weighted by molar-refractivity contribution is 0.0936. The highest BCUT2D eigenvalue weighted by Gasteiger charge is 2.18. The van der Waals surface area contributed by atoms with E-state index in [0.717, 1.165) is 12.8 Å². The summed E-state index contributed by atoms with van der Waals surface area (Å²) in [6.07, 6.45) is 5.92. The molecule has 0 fully saturated rings. The molecule has 14 heteroatoms. The molecule has 0 spiro atoms. The summed E-state index contributed by atoms with van der Waals surface area (Å²) in [6, 6.07) is 9.49. The Labute approximate surface area is 294 Å². The maximum Gasteiger partial charge on any atom is 0.267 e. The molecule has 0 radical (unpaired) electrons. The fraction of sp³-hybridized carbons (Fsp3) is 0.444. The Bertz CT molecular complexity index is 1530. The molecule has 2 heterocycles. The van der Waals surface area contributed by atoms with Crippen molar-refractivity contribution < 1.29 is 19.2 Å². The Morgan fingerprint density at radius 3 is 1.30 bits per heavy atom. The van der Waals surface area contributed by atoms with Gasteiger partial charge in [0.1, 0.15) is 11.4 Å². The zero-order chi connectivity index (χ0) is 36.8. The lowest BCUT2D eigenvalue weighted by Crippen LogP contribution is -2.30. The van der Waals surface area contributed by atoms with Crippen molar-refractivity contribution in [2.45, 2.75) is 66.5 Å². The lowest BCUT2D eigenvalue weighted by Gasteiger charge is -2.11. The van der Waals surface area contributed by atoms with Gasteiger partial charge < -0.3 is 41.0 Å². The number of nitrogens with zero attached hydrogens (tertiary/aromatic N) is 2. The van der Waals surface area contributed by atoms with Crippen LogP contribution in [0.4, 0.5) is 11.4 Å². The summed E-state index contributed by atoms with van der Waals surface area (Å²) < 4.78 is 3.64. The fourth-order valence-electron chi connectivity index (χ4n) is 4.92. The van der Waals surface area contributed by atoms with Crippen LogP contribution in [0.25, 0.3) is 0 Å². The minimum atomic E-state index is -0.393. The van der Waals surface area contributed by atoms with Gasteiger partial charge in [-0.3, -0.25) is 30.0 Å². The molecule has 0 bridgehead atoms. The molecule has 14 nitrogen and oxygen atoms in total. The Morgan fingerprint density at radius 2 is 0.980 bits per heavy atom. The molecule has 0 aliphatic heterocycles. The molecule has 3 rings (SSSR count). The van der Waals surface area contributed by atoms with Crippen LogP contribution in [0.1, 0.15) is 95.1 Å². The van der Waals surface area contributed by atoms with Crippen LogP contribution >= 0.6 is 0 Å². The van der Waals surface area contributed by atoms with Crippen LogP contribution in [0.2, 0.25) is 0 Å². The van der Waals surface area contributed by atoms with Gasteiger partial charge in [-0.05, 0) is 61.1 Å². The van der Waals surface area contributed by atoms with Crippen molar-refractivity contribution in [1.82, 2.24) is 30.4 Å². The van der Waals surface area contributed by atoms with E-state index < -0.39 is 11.8 Å². The molecule has 50 heavy (non-hydrogen) atoms. The maximum absolute atomic E-state index is 13.2. The largest absolute Gasteiger partial charge is 0.377 e. The molecule has 8 N–H and O–H groups in total. The van der Waals surface area contributed by atoms with Gasteiger partial charge in [0.25, 0.3) is 23.6 Å². The quantitative estimate of drug-likeness (QED) is 0.0714. The predicted octanol–water partition coefficient (Wildman–Crippen LogP) is 4.52. The highest BCUT2D eigenvalue weighted by Crippen LogP contribution is 2.20. The van der Waals surface area contributed by atoms with Crippen molar-refractivity contribution in [2.24, 2.45) is 11.8 Å². The number of anilines is 2. The Hall–Kier alpha value is -5.40. The summed E-state index contributed by atoms with van der Waals surface area (Å²) in [7, 11) is 3.32. The standard InChI is InChI=1S/C36H52N10O4/c1-23(2)13-17-45-21-27(19-29(45)35(49)41-15-11-31(37)39-5)43-33(47)25-7-9-26(10-8-25)34(48)44-28-20-30(46(22-28)18-14-24(3)4)36(50)42-16-12-32(38)40-6/h7-10,19-24H,11-18H2,1-6H3,(H2,37,39)(H2,38,40)(H,41,49)(H,42,50)(H,43,47)(H,44,48). The van der Waals surface area contributed by atoms with E-state index in [0.29, 0.717) is 96.4 Å². The Morgan fingerprint density at radius 1 is 0.620 bits per heavy atom. The first-order chi connectivity index (χ1) is 23.8. The fourth-order valence-corrected chi connectivity index (χ4v) is 4.92. The van der Waals surface area contributed by atoms with Crippen LogP contribution in [0.3, 0.4) is 0 Å². The number of aryl methyl sites for hydroxylation is 2. The normalized spacial score (nSPS) is 10.9. The Kier molecular flexibility index (Phi) is 14.8. The van der Waals surface area contributed by atoms with E-state index in [-0.39, 0.29) is 11.8 Å². The topological polar surface area (TPSA) is 198 Å². The molecule has 270 valence electrons. The first-order valence-corrected chi connectivity index (χ1v) is 17.0. The number of carbonyl (C=O) groups is 4. The van der Waals surface area contributed by atoms with Gasteiger partial charge in [0.2, 0.25) is 0 Å². The van der Waals surface area contributed by atoms with E-state index in [1.807, 2.05) is 9.13 Å². The molecule has 3 aromatic rings. The van der Waals surface area contributed by atoms with E-state index in [1.165, 1.54) is 0 Å². The number of amides is 4. The third-order valence-corrected chi connectivity index (χ3v) is 8.00. The third kappa shape index (κ3) is 11.9. The number of aromatic nitrogens is 2. The van der Waals surface area contributed by atoms with E-state index in [1.54, 1.807) is 62.9 Å². The van der Waals surface area contributed by atoms with Gasteiger partial charge in [0, 0.05) is 76.6 Å². The average Bonchev–Trinajstić information content (AvgIpc) is 3.69. The number of amidine groups is 2. The SMILES string of the molecule is CNC(=N)CCNC(=O)c1cc(NC(=O)c2ccc(C(=O)Nc3cc(C(=O)NCCC(=N)NC)n(CCC(C)C)c3)cc2)cn1CCC(C)C. The molecule has 0 saturated carbocycles. The third-order valence-electron chi connectivity index (χ3n) is 8.00. The first-order valence-electron chi connectivity index (χ1n) is 17.0. The second kappa shape index (κ2) is 19.0. The van der Waals surface area contributed by atoms with Gasteiger partial charge in [-0.1, -0.05) is 27.7 Å². The van der Waals surface area contributed by atoms with Crippen molar-refractivity contribution in [2.75, 3.05) is 37.8 Å². The van der Waals surface area contributed by atoms with Gasteiger partial charge in [-0.15, -0.1) is 0 Å². The molecule has 2 aromatic heterocycles. The van der Waals surface area contributed by atoms with Crippen molar-refractivity contribution in [3.63, 3.8) is 0 Å². The van der Waals surface area contributed by atoms with E-state index in [4.69, 9.17) is 10.8 Å². The zero-order valence-electron chi connectivity index (χ0n) is 30.0. The van der Waals surface area contributed by atoms with Gasteiger partial charge in [0.05, 0.1) is 23.0 Å². The summed E-state index contributed by atoms with van der Waals surface area (Å²) in [4.78, 5) is 52.2. The van der Waals surface area contributed by atoms with Gasteiger partial charge in [-0.2, -0.15) is 0 Å². The number of hydrogen-bond donors (Lipinski definition) is 8. The minimum absolute atomic E-state index is 0.289. The smallest absolute Gasteiger partial charge is 0.267 e. The molecule has 0 atom stereocenters. The van der Waals surface area contributed by atoms with Crippen LogP contribution in [-0.4, -0.2) is 71.6 Å². The minimum Gasteiger partial charge on any atom is -0.377 e. The predicted molar refractivity (Wildman–Crippen MR) is 198 cm³/mol. The molecule has 4 amide bonds. The van der Waals surface area contributed by atoms with E-state index >= 15 is 0 Å². The first kappa shape index (κ1) is 39.0. The second-order valence-electron chi connectivity index (χ2n) is 12.9.